The predicted octanol–water partition coefficient (Wildman–Crippen LogP) is 3.10. The molecule has 1 amide bonds. The second kappa shape index (κ2) is 6.98. The van der Waals surface area contributed by atoms with Crippen LogP contribution in [0.2, 0.25) is 5.02 Å². The number of rotatable bonds is 4. The number of hydrogen-bond acceptors (Lipinski definition) is 3. The zero-order chi connectivity index (χ0) is 15.4. The molecule has 0 radical (unpaired) electrons. The molecule has 0 saturated heterocycles. The van der Waals surface area contributed by atoms with Gasteiger partial charge in [0.2, 0.25) is 0 Å². The molecule has 1 aromatic carbocycles. The standard InChI is InChI=1S/C14H11BrClFN2O2/c15-13-5-9(10(16)6-18-13)14(21)19-7-12(20)8-3-1-2-4-11(8)17/h1-6,12,20H,7H2,(H,19,21)/t12-/m0/s1. The first-order valence-corrected chi connectivity index (χ1v) is 7.18. The number of pyridine rings is 1. The van der Waals surface area contributed by atoms with E-state index in [1.54, 1.807) is 6.07 Å². The number of carbonyl (C=O) groups excluding carboxylic acids is 1. The lowest BCUT2D eigenvalue weighted by molar-refractivity contribution is 0.0914. The van der Waals surface area contributed by atoms with Gasteiger partial charge in [0.15, 0.2) is 0 Å². The van der Waals surface area contributed by atoms with E-state index in [1.165, 1.54) is 30.5 Å². The van der Waals surface area contributed by atoms with Crippen molar-refractivity contribution in [2.75, 3.05) is 6.54 Å². The van der Waals surface area contributed by atoms with E-state index in [0.29, 0.717) is 4.60 Å². The maximum atomic E-state index is 13.5. The monoisotopic (exact) mass is 372 g/mol. The van der Waals surface area contributed by atoms with Crippen molar-refractivity contribution >= 4 is 33.4 Å². The number of hydrogen-bond donors (Lipinski definition) is 2. The molecular formula is C14H11BrClFN2O2. The minimum absolute atomic E-state index is 0.125. The van der Waals surface area contributed by atoms with Crippen LogP contribution in [-0.2, 0) is 0 Å². The second-order valence-electron chi connectivity index (χ2n) is 4.23. The van der Waals surface area contributed by atoms with Crippen LogP contribution in [0.3, 0.4) is 0 Å². The predicted molar refractivity (Wildman–Crippen MR) is 80.6 cm³/mol. The molecule has 1 heterocycles. The van der Waals surface area contributed by atoms with Crippen molar-refractivity contribution in [2.24, 2.45) is 0 Å². The zero-order valence-corrected chi connectivity index (χ0v) is 13.0. The van der Waals surface area contributed by atoms with E-state index in [4.69, 9.17) is 11.6 Å². The highest BCUT2D eigenvalue weighted by Gasteiger charge is 2.16. The van der Waals surface area contributed by atoms with Crippen LogP contribution in [0.4, 0.5) is 4.39 Å². The summed E-state index contributed by atoms with van der Waals surface area (Å²) >= 11 is 9.02. The molecule has 7 heteroatoms. The van der Waals surface area contributed by atoms with Crippen LogP contribution in [0.5, 0.6) is 0 Å². The molecule has 21 heavy (non-hydrogen) atoms. The van der Waals surface area contributed by atoms with Crippen molar-refractivity contribution in [3.05, 3.63) is 63.1 Å². The molecule has 0 aliphatic carbocycles. The highest BCUT2D eigenvalue weighted by atomic mass is 79.9. The Kier molecular flexibility index (Phi) is 5.27. The largest absolute Gasteiger partial charge is 0.386 e. The van der Waals surface area contributed by atoms with Crippen molar-refractivity contribution in [1.82, 2.24) is 10.3 Å². The van der Waals surface area contributed by atoms with Gasteiger partial charge >= 0.3 is 0 Å². The number of benzene rings is 1. The van der Waals surface area contributed by atoms with E-state index in [9.17, 15) is 14.3 Å². The smallest absolute Gasteiger partial charge is 0.253 e. The third-order valence-corrected chi connectivity index (χ3v) is 3.52. The van der Waals surface area contributed by atoms with E-state index in [-0.39, 0.29) is 22.7 Å². The number of aromatic nitrogens is 1. The van der Waals surface area contributed by atoms with E-state index in [0.717, 1.165) is 0 Å². The molecule has 2 N–H and O–H groups in total. The molecule has 2 rings (SSSR count). The third-order valence-electron chi connectivity index (χ3n) is 2.79. The van der Waals surface area contributed by atoms with Crippen molar-refractivity contribution in [1.29, 1.82) is 0 Å². The van der Waals surface area contributed by atoms with Gasteiger partial charge in [-0.15, -0.1) is 0 Å². The van der Waals surface area contributed by atoms with Gasteiger partial charge in [-0.3, -0.25) is 4.79 Å². The van der Waals surface area contributed by atoms with Gasteiger partial charge in [0.1, 0.15) is 10.4 Å². The maximum absolute atomic E-state index is 13.5. The summed E-state index contributed by atoms with van der Waals surface area (Å²) in [7, 11) is 0. The number of amides is 1. The Bertz CT molecular complexity index is 669. The minimum Gasteiger partial charge on any atom is -0.386 e. The fraction of sp³-hybridized carbons (Fsp3) is 0.143. The van der Waals surface area contributed by atoms with Gasteiger partial charge in [-0.05, 0) is 28.1 Å². The number of carbonyl (C=O) groups is 1. The summed E-state index contributed by atoms with van der Waals surface area (Å²) in [5, 5.41) is 12.6. The van der Waals surface area contributed by atoms with Crippen LogP contribution in [0.15, 0.2) is 41.1 Å². The third kappa shape index (κ3) is 4.00. The molecule has 1 atom stereocenters. The van der Waals surface area contributed by atoms with Gasteiger partial charge in [0, 0.05) is 18.3 Å². The Morgan fingerprint density at radius 1 is 1.48 bits per heavy atom. The molecule has 0 fully saturated rings. The summed E-state index contributed by atoms with van der Waals surface area (Å²) in [6.07, 6.45) is 0.201. The highest BCUT2D eigenvalue weighted by Crippen LogP contribution is 2.19. The first-order chi connectivity index (χ1) is 9.99. The lowest BCUT2D eigenvalue weighted by Crippen LogP contribution is -2.29. The van der Waals surface area contributed by atoms with Crippen molar-refractivity contribution in [3.8, 4) is 0 Å². The van der Waals surface area contributed by atoms with Gasteiger partial charge < -0.3 is 10.4 Å². The molecule has 1 aromatic heterocycles. The molecule has 0 bridgehead atoms. The summed E-state index contributed by atoms with van der Waals surface area (Å²) < 4.78 is 14.0. The molecule has 0 saturated carbocycles. The van der Waals surface area contributed by atoms with Crippen molar-refractivity contribution in [2.45, 2.75) is 6.10 Å². The lowest BCUT2D eigenvalue weighted by atomic mass is 10.1. The summed E-state index contributed by atoms with van der Waals surface area (Å²) in [6, 6.07) is 7.31. The average Bonchev–Trinajstić information content (AvgIpc) is 2.47. The van der Waals surface area contributed by atoms with Gasteiger partial charge in [-0.25, -0.2) is 9.37 Å². The number of aliphatic hydroxyl groups is 1. The summed E-state index contributed by atoms with van der Waals surface area (Å²) in [6.45, 7) is -0.129. The van der Waals surface area contributed by atoms with Gasteiger partial charge in [0.25, 0.3) is 5.91 Å². The molecule has 0 aliphatic heterocycles. The Hall–Kier alpha value is -1.50. The molecule has 110 valence electrons. The second-order valence-corrected chi connectivity index (χ2v) is 5.45. The van der Waals surface area contributed by atoms with Gasteiger partial charge in [0.05, 0.1) is 16.7 Å². The van der Waals surface area contributed by atoms with E-state index >= 15 is 0 Å². The fourth-order valence-electron chi connectivity index (χ4n) is 1.73. The lowest BCUT2D eigenvalue weighted by Gasteiger charge is -2.13. The highest BCUT2D eigenvalue weighted by molar-refractivity contribution is 9.10. The van der Waals surface area contributed by atoms with Crippen molar-refractivity contribution < 1.29 is 14.3 Å². The molecule has 0 spiro atoms. The van der Waals surface area contributed by atoms with Crippen LogP contribution in [0, 0.1) is 5.82 Å². The Morgan fingerprint density at radius 3 is 2.90 bits per heavy atom. The first-order valence-electron chi connectivity index (χ1n) is 6.00. The Balaban J connectivity index is 2.04. The van der Waals surface area contributed by atoms with Crippen LogP contribution >= 0.6 is 27.5 Å². The average molecular weight is 374 g/mol. The minimum atomic E-state index is -1.14. The van der Waals surface area contributed by atoms with Gasteiger partial charge in [-0.2, -0.15) is 0 Å². The quantitative estimate of drug-likeness (QED) is 0.810. The van der Waals surface area contributed by atoms with Crippen molar-refractivity contribution in [3.63, 3.8) is 0 Å². The van der Waals surface area contributed by atoms with Crippen LogP contribution in [0.25, 0.3) is 0 Å². The fourth-order valence-corrected chi connectivity index (χ4v) is 2.25. The molecular weight excluding hydrogens is 363 g/mol. The summed E-state index contributed by atoms with van der Waals surface area (Å²) in [5.41, 5.74) is 0.346. The molecule has 0 aliphatic rings. The molecule has 4 nitrogen and oxygen atoms in total. The van der Waals surface area contributed by atoms with E-state index in [1.807, 2.05) is 0 Å². The van der Waals surface area contributed by atoms with E-state index < -0.39 is 17.8 Å². The van der Waals surface area contributed by atoms with Crippen LogP contribution < -0.4 is 5.32 Å². The van der Waals surface area contributed by atoms with Crippen LogP contribution in [-0.4, -0.2) is 22.5 Å². The number of halogens is 3. The summed E-state index contributed by atoms with van der Waals surface area (Å²) in [4.78, 5) is 15.9. The zero-order valence-electron chi connectivity index (χ0n) is 10.7. The number of nitrogens with zero attached hydrogens (tertiary/aromatic N) is 1. The normalized spacial score (nSPS) is 12.0. The van der Waals surface area contributed by atoms with Gasteiger partial charge in [-0.1, -0.05) is 29.8 Å². The SMILES string of the molecule is O=C(NC[C@H](O)c1ccccc1F)c1cc(Br)ncc1Cl. The number of nitrogens with one attached hydrogen (secondary N) is 1. The molecule has 2 aromatic rings. The van der Waals surface area contributed by atoms with Crippen LogP contribution in [0.1, 0.15) is 22.0 Å². The maximum Gasteiger partial charge on any atom is 0.253 e. The number of aliphatic hydroxyl groups excluding tert-OH is 1. The Labute approximate surface area is 134 Å². The topological polar surface area (TPSA) is 62.2 Å². The first kappa shape index (κ1) is 15.9. The van der Waals surface area contributed by atoms with E-state index in [2.05, 4.69) is 26.2 Å². The Morgan fingerprint density at radius 2 is 2.19 bits per heavy atom. The summed E-state index contributed by atoms with van der Waals surface area (Å²) in [5.74, 6) is -0.998. The molecule has 0 unspecified atom stereocenters.